The van der Waals surface area contributed by atoms with Gasteiger partial charge in [-0.25, -0.2) is 4.98 Å². The Kier molecular flexibility index (Phi) is 11.0. The Morgan fingerprint density at radius 2 is 1.54 bits per heavy atom. The number of fused-ring (bicyclic) bond motifs is 1. The fourth-order valence-electron chi connectivity index (χ4n) is 4.66. The first kappa shape index (κ1) is 34.0. The molecule has 3 N–H and O–H groups in total. The lowest BCUT2D eigenvalue weighted by atomic mass is 10.1. The molecule has 48 heavy (non-hydrogen) atoms. The van der Waals surface area contributed by atoms with Crippen molar-refractivity contribution in [3.63, 3.8) is 0 Å². The number of thiazole rings is 1. The summed E-state index contributed by atoms with van der Waals surface area (Å²) < 4.78 is 17.3. The number of anilines is 2. The van der Waals surface area contributed by atoms with E-state index in [0.29, 0.717) is 39.2 Å². The molecule has 1 aromatic heterocycles. The summed E-state index contributed by atoms with van der Waals surface area (Å²) in [6, 6.07) is 25.0. The van der Waals surface area contributed by atoms with E-state index in [0.717, 1.165) is 20.7 Å². The molecular weight excluding hydrogens is 649 g/mol. The van der Waals surface area contributed by atoms with E-state index in [2.05, 4.69) is 20.9 Å². The molecule has 0 aliphatic carbocycles. The second-order valence-electron chi connectivity index (χ2n) is 10.6. The average Bonchev–Trinajstić information content (AvgIpc) is 3.49. The summed E-state index contributed by atoms with van der Waals surface area (Å²) in [6.45, 7) is 3.84. The van der Waals surface area contributed by atoms with Gasteiger partial charge in [0.25, 0.3) is 11.8 Å². The fourth-order valence-corrected chi connectivity index (χ4v) is 6.49. The number of thioether (sulfide) groups is 1. The van der Waals surface area contributed by atoms with E-state index in [1.54, 1.807) is 54.6 Å². The van der Waals surface area contributed by atoms with Gasteiger partial charge in [-0.1, -0.05) is 35.6 Å². The number of benzene rings is 4. The molecule has 0 spiro atoms. The van der Waals surface area contributed by atoms with Crippen LogP contribution in [0.3, 0.4) is 0 Å². The summed E-state index contributed by atoms with van der Waals surface area (Å²) >= 11 is 2.82. The number of rotatable bonds is 12. The fraction of sp³-hybridized carbons (Fsp3) is 0.167. The molecule has 0 aliphatic heterocycles. The van der Waals surface area contributed by atoms with Crippen LogP contribution in [0.25, 0.3) is 16.3 Å². The van der Waals surface area contributed by atoms with Gasteiger partial charge in [0.05, 0.1) is 36.8 Å². The third-order valence-electron chi connectivity index (χ3n) is 7.10. The van der Waals surface area contributed by atoms with Crippen molar-refractivity contribution in [1.29, 1.82) is 0 Å². The zero-order valence-corrected chi connectivity index (χ0v) is 28.6. The number of hydrogen-bond donors (Lipinski definition) is 3. The highest BCUT2D eigenvalue weighted by Gasteiger charge is 2.19. The SMILES string of the molecule is COc1cc(/C=C(\NC(=O)c2ccccc2)C(=O)Nc2ccc(SC(C)C(=O)Nc3nc4ccc(C)cc4s3)cc2)cc(OC)c1OC. The van der Waals surface area contributed by atoms with Crippen molar-refractivity contribution in [3.05, 3.63) is 107 Å². The second-order valence-corrected chi connectivity index (χ2v) is 13.0. The predicted molar refractivity (Wildman–Crippen MR) is 191 cm³/mol. The van der Waals surface area contributed by atoms with Crippen molar-refractivity contribution in [2.75, 3.05) is 32.0 Å². The Morgan fingerprint density at radius 1 is 0.854 bits per heavy atom. The maximum absolute atomic E-state index is 13.6. The third kappa shape index (κ3) is 8.33. The Labute approximate surface area is 286 Å². The lowest BCUT2D eigenvalue weighted by molar-refractivity contribution is -0.115. The van der Waals surface area contributed by atoms with E-state index in [9.17, 15) is 14.4 Å². The van der Waals surface area contributed by atoms with Crippen molar-refractivity contribution in [2.45, 2.75) is 24.0 Å². The van der Waals surface area contributed by atoms with Gasteiger partial charge in [-0.3, -0.25) is 14.4 Å². The van der Waals surface area contributed by atoms with Crippen LogP contribution in [0, 0.1) is 6.92 Å². The monoisotopic (exact) mass is 682 g/mol. The third-order valence-corrected chi connectivity index (χ3v) is 9.14. The predicted octanol–water partition coefficient (Wildman–Crippen LogP) is 7.16. The van der Waals surface area contributed by atoms with Crippen LogP contribution in [0.4, 0.5) is 10.8 Å². The van der Waals surface area contributed by atoms with E-state index in [1.165, 1.54) is 50.5 Å². The molecule has 1 heterocycles. The van der Waals surface area contributed by atoms with Crippen LogP contribution in [0.15, 0.2) is 95.5 Å². The second kappa shape index (κ2) is 15.5. The van der Waals surface area contributed by atoms with Gasteiger partial charge in [0.1, 0.15) is 5.70 Å². The molecule has 12 heteroatoms. The molecular formula is C36H34N4O6S2. The maximum atomic E-state index is 13.6. The van der Waals surface area contributed by atoms with Gasteiger partial charge >= 0.3 is 0 Å². The molecule has 0 saturated carbocycles. The Balaban J connectivity index is 1.30. The first-order chi connectivity index (χ1) is 23.2. The van der Waals surface area contributed by atoms with E-state index >= 15 is 0 Å². The van der Waals surface area contributed by atoms with Crippen molar-refractivity contribution in [1.82, 2.24) is 10.3 Å². The van der Waals surface area contributed by atoms with Gasteiger partial charge in [0, 0.05) is 16.1 Å². The number of methoxy groups -OCH3 is 3. The van der Waals surface area contributed by atoms with Crippen LogP contribution in [-0.4, -0.2) is 49.3 Å². The molecule has 246 valence electrons. The Hall–Kier alpha value is -5.33. The number of carbonyl (C=O) groups is 3. The minimum atomic E-state index is -0.549. The van der Waals surface area contributed by atoms with Gasteiger partial charge in [-0.05, 0) is 91.7 Å². The molecule has 1 unspecified atom stereocenters. The molecule has 4 aromatic carbocycles. The van der Waals surface area contributed by atoms with E-state index in [-0.39, 0.29) is 11.6 Å². The van der Waals surface area contributed by atoms with Crippen molar-refractivity contribution < 1.29 is 28.6 Å². The van der Waals surface area contributed by atoms with Crippen LogP contribution in [0.1, 0.15) is 28.4 Å². The molecule has 5 rings (SSSR count). The Bertz CT molecular complexity index is 1950. The van der Waals surface area contributed by atoms with Gasteiger partial charge in [-0.2, -0.15) is 0 Å². The minimum absolute atomic E-state index is 0.00752. The molecule has 0 radical (unpaired) electrons. The van der Waals surface area contributed by atoms with Crippen LogP contribution in [0.2, 0.25) is 0 Å². The highest BCUT2D eigenvalue weighted by molar-refractivity contribution is 8.00. The normalized spacial score (nSPS) is 11.8. The maximum Gasteiger partial charge on any atom is 0.272 e. The number of aryl methyl sites for hydroxylation is 1. The smallest absolute Gasteiger partial charge is 0.272 e. The topological polar surface area (TPSA) is 128 Å². The van der Waals surface area contributed by atoms with Crippen molar-refractivity contribution in [2.24, 2.45) is 0 Å². The van der Waals surface area contributed by atoms with E-state index in [1.807, 2.05) is 44.2 Å². The molecule has 0 bridgehead atoms. The van der Waals surface area contributed by atoms with Crippen LogP contribution >= 0.6 is 23.1 Å². The molecule has 0 saturated heterocycles. The first-order valence-corrected chi connectivity index (χ1v) is 16.5. The highest BCUT2D eigenvalue weighted by atomic mass is 32.2. The summed E-state index contributed by atoms with van der Waals surface area (Å²) in [6.07, 6.45) is 1.53. The first-order valence-electron chi connectivity index (χ1n) is 14.8. The minimum Gasteiger partial charge on any atom is -0.493 e. The average molecular weight is 683 g/mol. The molecule has 3 amide bonds. The number of nitrogens with zero attached hydrogens (tertiary/aromatic N) is 1. The van der Waals surface area contributed by atoms with Crippen LogP contribution in [-0.2, 0) is 9.59 Å². The zero-order chi connectivity index (χ0) is 34.2. The molecule has 1 atom stereocenters. The van der Waals surface area contributed by atoms with E-state index in [4.69, 9.17) is 14.2 Å². The van der Waals surface area contributed by atoms with Crippen molar-refractivity contribution >= 4 is 67.9 Å². The number of aromatic nitrogens is 1. The number of hydrogen-bond acceptors (Lipinski definition) is 9. The van der Waals surface area contributed by atoms with Crippen LogP contribution in [0.5, 0.6) is 17.2 Å². The molecule has 5 aromatic rings. The lowest BCUT2D eigenvalue weighted by Crippen LogP contribution is -2.30. The number of nitrogens with one attached hydrogen (secondary N) is 3. The van der Waals surface area contributed by atoms with Crippen molar-refractivity contribution in [3.8, 4) is 17.2 Å². The van der Waals surface area contributed by atoms with Gasteiger partial charge in [0.15, 0.2) is 16.6 Å². The summed E-state index contributed by atoms with van der Waals surface area (Å²) in [5.41, 5.74) is 3.39. The number of ether oxygens (including phenoxy) is 3. The molecule has 10 nitrogen and oxygen atoms in total. The van der Waals surface area contributed by atoms with Crippen LogP contribution < -0.4 is 30.2 Å². The molecule has 0 fully saturated rings. The van der Waals surface area contributed by atoms with Gasteiger partial charge in [0.2, 0.25) is 11.7 Å². The summed E-state index contributed by atoms with van der Waals surface area (Å²) in [7, 11) is 4.49. The number of amides is 3. The Morgan fingerprint density at radius 3 is 2.19 bits per heavy atom. The standard InChI is InChI=1S/C36H34N4O6S2/c1-21-11-16-27-31(17-21)48-36(39-27)40-33(41)22(2)47-26-14-12-25(13-15-26)37-35(43)28(38-34(42)24-9-7-6-8-10-24)18-23-19-29(44-3)32(46-5)30(20-23)45-4/h6-20,22H,1-5H3,(H,37,43)(H,38,42)(H,39,40,41)/b28-18-. The number of carbonyl (C=O) groups excluding carboxylic acids is 3. The summed E-state index contributed by atoms with van der Waals surface area (Å²) in [5, 5.41) is 8.65. The quantitative estimate of drug-likeness (QED) is 0.0935. The highest BCUT2D eigenvalue weighted by Crippen LogP contribution is 2.39. The lowest BCUT2D eigenvalue weighted by Gasteiger charge is -2.15. The van der Waals surface area contributed by atoms with Gasteiger partial charge in [-0.15, -0.1) is 11.8 Å². The largest absolute Gasteiger partial charge is 0.493 e. The van der Waals surface area contributed by atoms with E-state index < -0.39 is 17.1 Å². The zero-order valence-electron chi connectivity index (χ0n) is 27.0. The summed E-state index contributed by atoms with van der Waals surface area (Å²) in [4.78, 5) is 44.9. The summed E-state index contributed by atoms with van der Waals surface area (Å²) in [5.74, 6) is 0.0142. The van der Waals surface area contributed by atoms with Gasteiger partial charge < -0.3 is 30.2 Å². The molecule has 0 aliphatic rings.